The quantitative estimate of drug-likeness (QED) is 0.493. The van der Waals surface area contributed by atoms with E-state index in [0.29, 0.717) is 30.3 Å². The second kappa shape index (κ2) is 3.52. The topological polar surface area (TPSA) is 26.3 Å². The van der Waals surface area contributed by atoms with Crippen LogP contribution < -0.4 is 0 Å². The molecule has 1 aliphatic rings. The first-order chi connectivity index (χ1) is 6.00. The van der Waals surface area contributed by atoms with Crippen LogP contribution in [0.3, 0.4) is 0 Å². The third-order valence-electron chi connectivity index (χ3n) is 3.00. The molecule has 0 saturated heterocycles. The van der Waals surface area contributed by atoms with Gasteiger partial charge >= 0.3 is 0 Å². The molecule has 0 N–H and O–H groups in total. The summed E-state index contributed by atoms with van der Waals surface area (Å²) in [5, 5.41) is 0. The molecule has 0 aromatic carbocycles. The van der Waals surface area contributed by atoms with Crippen molar-refractivity contribution in [3.8, 4) is 0 Å². The van der Waals surface area contributed by atoms with Crippen LogP contribution >= 0.6 is 0 Å². The third kappa shape index (κ3) is 2.11. The smallest absolute Gasteiger partial charge is 0.293 e. The molecule has 0 aliphatic heterocycles. The van der Waals surface area contributed by atoms with E-state index in [2.05, 4.69) is 33.8 Å². The second-order valence-corrected chi connectivity index (χ2v) is 4.63. The van der Waals surface area contributed by atoms with Gasteiger partial charge in [0.25, 0.3) is 6.47 Å². The predicted molar refractivity (Wildman–Crippen MR) is 52.2 cm³/mol. The summed E-state index contributed by atoms with van der Waals surface area (Å²) in [7, 11) is 0. The number of carbonyl (C=O) groups is 1. The molecule has 0 heterocycles. The highest BCUT2D eigenvalue weighted by molar-refractivity contribution is 5.37. The number of rotatable bonds is 4. The van der Waals surface area contributed by atoms with E-state index in [9.17, 15) is 4.79 Å². The molecule has 2 nitrogen and oxygen atoms in total. The van der Waals surface area contributed by atoms with Gasteiger partial charge in [-0.3, -0.25) is 4.79 Å². The number of carbonyl (C=O) groups excluding carboxylic acids is 1. The minimum absolute atomic E-state index is 0.306. The summed E-state index contributed by atoms with van der Waals surface area (Å²) in [6.07, 6.45) is 2.28. The van der Waals surface area contributed by atoms with Crippen LogP contribution in [0.5, 0.6) is 0 Å². The van der Waals surface area contributed by atoms with Crippen molar-refractivity contribution in [3.63, 3.8) is 0 Å². The van der Waals surface area contributed by atoms with Crippen LogP contribution in [0, 0.1) is 17.3 Å². The normalized spacial score (nSPS) is 29.2. The number of ether oxygens (including phenoxy) is 1. The molecule has 0 unspecified atom stereocenters. The fourth-order valence-electron chi connectivity index (χ4n) is 1.94. The van der Waals surface area contributed by atoms with E-state index in [4.69, 9.17) is 4.74 Å². The number of hydrogen-bond acceptors (Lipinski definition) is 2. The largest absolute Gasteiger partial charge is 0.468 e. The first kappa shape index (κ1) is 10.3. The van der Waals surface area contributed by atoms with Gasteiger partial charge in [-0.2, -0.15) is 0 Å². The molecule has 1 aliphatic carbocycles. The molecular formula is C11H18O2. The highest BCUT2D eigenvalue weighted by Gasteiger charge is 2.56. The molecule has 1 saturated carbocycles. The molecule has 2 heteroatoms. The average Bonchev–Trinajstić information content (AvgIpc) is 2.49. The van der Waals surface area contributed by atoms with Crippen LogP contribution in [0.25, 0.3) is 0 Å². The Kier molecular flexibility index (Phi) is 2.79. The van der Waals surface area contributed by atoms with E-state index < -0.39 is 0 Å². The summed E-state index contributed by atoms with van der Waals surface area (Å²) in [5.74, 6) is 1.09. The van der Waals surface area contributed by atoms with Crippen LogP contribution in [0.15, 0.2) is 11.6 Å². The van der Waals surface area contributed by atoms with E-state index in [1.54, 1.807) is 0 Å². The van der Waals surface area contributed by atoms with Crippen molar-refractivity contribution in [2.24, 2.45) is 17.3 Å². The predicted octanol–water partition coefficient (Wildman–Crippen LogP) is 2.40. The van der Waals surface area contributed by atoms with Gasteiger partial charge in [0.2, 0.25) is 0 Å². The highest BCUT2D eigenvalue weighted by Crippen LogP contribution is 2.59. The van der Waals surface area contributed by atoms with Gasteiger partial charge in [0.15, 0.2) is 0 Å². The summed E-state index contributed by atoms with van der Waals surface area (Å²) >= 11 is 0. The third-order valence-corrected chi connectivity index (χ3v) is 3.00. The van der Waals surface area contributed by atoms with Gasteiger partial charge in [-0.25, -0.2) is 0 Å². The zero-order valence-corrected chi connectivity index (χ0v) is 8.83. The lowest BCUT2D eigenvalue weighted by Gasteiger charge is -1.99. The lowest BCUT2D eigenvalue weighted by molar-refractivity contribution is -0.129. The zero-order chi connectivity index (χ0) is 10.1. The standard InChI is InChI=1S/C11H18O2/c1-8(2)5-9-10(6-13-7-12)11(9,3)4/h5,7,9-10H,6H2,1-4H3/t9-,10-/m1/s1. The van der Waals surface area contributed by atoms with Crippen molar-refractivity contribution in [2.75, 3.05) is 6.61 Å². The highest BCUT2D eigenvalue weighted by atomic mass is 16.5. The van der Waals surface area contributed by atoms with Gasteiger partial charge in [0.1, 0.15) is 0 Å². The van der Waals surface area contributed by atoms with Crippen LogP contribution in [-0.2, 0) is 9.53 Å². The molecule has 0 spiro atoms. The molecule has 0 bridgehead atoms. The van der Waals surface area contributed by atoms with E-state index in [-0.39, 0.29) is 0 Å². The van der Waals surface area contributed by atoms with Crippen molar-refractivity contribution < 1.29 is 9.53 Å². The summed E-state index contributed by atoms with van der Waals surface area (Å²) < 4.78 is 4.80. The minimum Gasteiger partial charge on any atom is -0.468 e. The second-order valence-electron chi connectivity index (χ2n) is 4.63. The van der Waals surface area contributed by atoms with Crippen LogP contribution in [0.4, 0.5) is 0 Å². The van der Waals surface area contributed by atoms with Gasteiger partial charge in [-0.15, -0.1) is 0 Å². The maximum atomic E-state index is 10.0. The van der Waals surface area contributed by atoms with Gasteiger partial charge in [-0.05, 0) is 25.2 Å². The molecule has 1 fully saturated rings. The maximum Gasteiger partial charge on any atom is 0.293 e. The van der Waals surface area contributed by atoms with Crippen LogP contribution in [0.1, 0.15) is 27.7 Å². The average molecular weight is 182 g/mol. The van der Waals surface area contributed by atoms with Crippen molar-refractivity contribution in [1.29, 1.82) is 0 Å². The van der Waals surface area contributed by atoms with Gasteiger partial charge in [0.05, 0.1) is 6.61 Å². The molecule has 2 atom stereocenters. The Morgan fingerprint density at radius 2 is 2.08 bits per heavy atom. The summed E-state index contributed by atoms with van der Waals surface area (Å²) in [5.41, 5.74) is 1.65. The first-order valence-corrected chi connectivity index (χ1v) is 4.70. The molecule has 0 aromatic rings. The summed E-state index contributed by atoms with van der Waals surface area (Å²) in [6, 6.07) is 0. The number of allylic oxidation sites excluding steroid dienone is 2. The van der Waals surface area contributed by atoms with Crippen LogP contribution in [0.2, 0.25) is 0 Å². The van der Waals surface area contributed by atoms with E-state index in [0.717, 1.165) is 0 Å². The van der Waals surface area contributed by atoms with E-state index >= 15 is 0 Å². The molecular weight excluding hydrogens is 164 g/mol. The molecule has 74 valence electrons. The Morgan fingerprint density at radius 3 is 2.54 bits per heavy atom. The Balaban J connectivity index is 2.50. The number of hydrogen-bond donors (Lipinski definition) is 0. The molecule has 0 radical (unpaired) electrons. The fourth-order valence-corrected chi connectivity index (χ4v) is 1.94. The van der Waals surface area contributed by atoms with Crippen molar-refractivity contribution in [3.05, 3.63) is 11.6 Å². The van der Waals surface area contributed by atoms with Crippen molar-refractivity contribution in [2.45, 2.75) is 27.7 Å². The Morgan fingerprint density at radius 1 is 1.46 bits per heavy atom. The maximum absolute atomic E-state index is 10.0. The lowest BCUT2D eigenvalue weighted by Crippen LogP contribution is -1.99. The lowest BCUT2D eigenvalue weighted by atomic mass is 10.1. The Labute approximate surface area is 80.0 Å². The Bertz CT molecular complexity index is 224. The summed E-state index contributed by atoms with van der Waals surface area (Å²) in [6.45, 7) is 9.74. The molecule has 0 amide bonds. The fraction of sp³-hybridized carbons (Fsp3) is 0.727. The molecule has 1 rings (SSSR count). The van der Waals surface area contributed by atoms with Gasteiger partial charge < -0.3 is 4.74 Å². The van der Waals surface area contributed by atoms with Gasteiger partial charge in [0, 0.05) is 5.92 Å². The zero-order valence-electron chi connectivity index (χ0n) is 8.83. The van der Waals surface area contributed by atoms with Gasteiger partial charge in [-0.1, -0.05) is 25.5 Å². The molecule has 0 aromatic heterocycles. The monoisotopic (exact) mass is 182 g/mol. The molecule has 13 heavy (non-hydrogen) atoms. The SMILES string of the molecule is CC(C)=C[C@@H]1[C@@H](COC=O)C1(C)C. The minimum atomic E-state index is 0.306. The van der Waals surface area contributed by atoms with E-state index in [1.165, 1.54) is 5.57 Å². The van der Waals surface area contributed by atoms with Crippen molar-refractivity contribution in [1.82, 2.24) is 0 Å². The van der Waals surface area contributed by atoms with Crippen molar-refractivity contribution >= 4 is 6.47 Å². The van der Waals surface area contributed by atoms with Crippen LogP contribution in [-0.4, -0.2) is 13.1 Å². The van der Waals surface area contributed by atoms with E-state index in [1.807, 2.05) is 0 Å². The summed E-state index contributed by atoms with van der Waals surface area (Å²) in [4.78, 5) is 10.0. The Hall–Kier alpha value is -0.790. The first-order valence-electron chi connectivity index (χ1n) is 4.70.